The van der Waals surface area contributed by atoms with E-state index in [1.807, 2.05) is 50.3 Å². The molecule has 0 fully saturated rings. The Bertz CT molecular complexity index is 465. The van der Waals surface area contributed by atoms with E-state index >= 15 is 0 Å². The lowest BCUT2D eigenvalue weighted by Crippen LogP contribution is -2.03. The average Bonchev–Trinajstić information content (AvgIpc) is 2.50. The minimum atomic E-state index is -0.0197. The third-order valence-corrected chi connectivity index (χ3v) is 2.29. The third-order valence-electron chi connectivity index (χ3n) is 2.29. The van der Waals surface area contributed by atoms with Gasteiger partial charge in [0.15, 0.2) is 0 Å². The van der Waals surface area contributed by atoms with Gasteiger partial charge in [-0.05, 0) is 26.0 Å². The molecule has 0 saturated heterocycles. The first kappa shape index (κ1) is 9.71. The summed E-state index contributed by atoms with van der Waals surface area (Å²) in [4.78, 5) is 11.6. The van der Waals surface area contributed by atoms with Gasteiger partial charge >= 0.3 is 0 Å². The summed E-state index contributed by atoms with van der Waals surface area (Å²) in [7, 11) is 0. The molecule has 1 aromatic rings. The summed E-state index contributed by atoms with van der Waals surface area (Å²) in [6, 6.07) is 7.73. The van der Waals surface area contributed by atoms with Gasteiger partial charge in [0, 0.05) is 16.8 Å². The smallest absolute Gasteiger partial charge is 0.256 e. The predicted molar refractivity (Wildman–Crippen MR) is 62.5 cm³/mol. The van der Waals surface area contributed by atoms with Crippen molar-refractivity contribution in [1.29, 1.82) is 0 Å². The molecule has 0 bridgehead atoms. The summed E-state index contributed by atoms with van der Waals surface area (Å²) in [5.74, 6) is -0.0197. The molecule has 0 unspecified atom stereocenters. The number of carbonyl (C=O) groups is 1. The summed E-state index contributed by atoms with van der Waals surface area (Å²) >= 11 is 0. The number of anilines is 1. The van der Waals surface area contributed by atoms with E-state index < -0.39 is 0 Å². The molecule has 1 amide bonds. The van der Waals surface area contributed by atoms with Crippen LogP contribution in [0.25, 0.3) is 5.57 Å². The maximum Gasteiger partial charge on any atom is 0.256 e. The molecule has 1 aliphatic heterocycles. The second kappa shape index (κ2) is 3.73. The Labute approximate surface area is 89.3 Å². The maximum atomic E-state index is 11.6. The van der Waals surface area contributed by atoms with E-state index in [9.17, 15) is 4.79 Å². The van der Waals surface area contributed by atoms with Gasteiger partial charge in [-0.25, -0.2) is 0 Å². The molecule has 2 nitrogen and oxygen atoms in total. The van der Waals surface area contributed by atoms with Crippen LogP contribution in [0.5, 0.6) is 0 Å². The molecule has 1 N–H and O–H groups in total. The molecule has 0 radical (unpaired) electrons. The van der Waals surface area contributed by atoms with Crippen LogP contribution < -0.4 is 5.32 Å². The molecule has 0 aromatic heterocycles. The van der Waals surface area contributed by atoms with Crippen molar-refractivity contribution in [2.24, 2.45) is 0 Å². The van der Waals surface area contributed by atoms with Gasteiger partial charge in [0.2, 0.25) is 0 Å². The summed E-state index contributed by atoms with van der Waals surface area (Å²) in [5.41, 5.74) is 3.81. The number of carbonyl (C=O) groups excluding carboxylic acids is 1. The van der Waals surface area contributed by atoms with E-state index in [0.717, 1.165) is 16.8 Å². The molecule has 15 heavy (non-hydrogen) atoms. The highest BCUT2D eigenvalue weighted by Gasteiger charge is 2.22. The highest BCUT2D eigenvalue weighted by molar-refractivity contribution is 6.31. The van der Waals surface area contributed by atoms with E-state index in [-0.39, 0.29) is 5.91 Å². The molecule has 0 saturated carbocycles. The van der Waals surface area contributed by atoms with Gasteiger partial charge in [-0.2, -0.15) is 0 Å². The lowest BCUT2D eigenvalue weighted by atomic mass is 10.1. The second-order valence-corrected chi connectivity index (χ2v) is 3.82. The number of nitrogens with one attached hydrogen (secondary N) is 1. The zero-order chi connectivity index (χ0) is 10.8. The molecular weight excluding hydrogens is 186 g/mol. The number of allylic oxidation sites excluding steroid dienone is 3. The fourth-order valence-corrected chi connectivity index (χ4v) is 1.55. The molecule has 2 heteroatoms. The third kappa shape index (κ3) is 1.84. The van der Waals surface area contributed by atoms with Crippen LogP contribution in [0.2, 0.25) is 0 Å². The minimum absolute atomic E-state index is 0.0197. The van der Waals surface area contributed by atoms with E-state index in [0.29, 0.717) is 0 Å². The molecular formula is C13H13NO. The summed E-state index contributed by atoms with van der Waals surface area (Å²) in [6.45, 7) is 4.02. The van der Waals surface area contributed by atoms with Crippen LogP contribution in [-0.2, 0) is 4.79 Å². The van der Waals surface area contributed by atoms with Crippen LogP contribution in [0.15, 0.2) is 42.0 Å². The van der Waals surface area contributed by atoms with Gasteiger partial charge in [-0.3, -0.25) is 4.79 Å². The monoisotopic (exact) mass is 199 g/mol. The minimum Gasteiger partial charge on any atom is -0.321 e. The van der Waals surface area contributed by atoms with E-state index in [1.165, 1.54) is 5.57 Å². The van der Waals surface area contributed by atoms with Crippen molar-refractivity contribution in [1.82, 2.24) is 0 Å². The van der Waals surface area contributed by atoms with Gasteiger partial charge in [0.05, 0.1) is 0 Å². The van der Waals surface area contributed by atoms with Crippen molar-refractivity contribution < 1.29 is 4.79 Å². The molecule has 1 heterocycles. The van der Waals surface area contributed by atoms with Crippen molar-refractivity contribution in [2.75, 3.05) is 5.32 Å². The Hall–Kier alpha value is -1.83. The van der Waals surface area contributed by atoms with Gasteiger partial charge in [-0.1, -0.05) is 29.8 Å². The Morgan fingerprint density at radius 1 is 1.27 bits per heavy atom. The van der Waals surface area contributed by atoms with Crippen molar-refractivity contribution in [2.45, 2.75) is 13.8 Å². The van der Waals surface area contributed by atoms with Crippen LogP contribution >= 0.6 is 0 Å². The standard InChI is InChI=1S/C13H13NO/c1-9(2)7-8-11-10-5-3-4-6-12(10)14-13(11)15/h3-8H,1-2H3,(H,14,15)/b11-8-. The second-order valence-electron chi connectivity index (χ2n) is 3.82. The molecule has 0 aliphatic carbocycles. The summed E-state index contributed by atoms with van der Waals surface area (Å²) in [5, 5.41) is 2.83. The molecule has 0 atom stereocenters. The highest BCUT2D eigenvalue weighted by Crippen LogP contribution is 2.31. The zero-order valence-corrected chi connectivity index (χ0v) is 8.87. The first-order valence-electron chi connectivity index (χ1n) is 4.94. The van der Waals surface area contributed by atoms with E-state index in [4.69, 9.17) is 0 Å². The number of rotatable bonds is 1. The molecule has 0 spiro atoms. The fourth-order valence-electron chi connectivity index (χ4n) is 1.55. The normalized spacial score (nSPS) is 16.1. The Morgan fingerprint density at radius 2 is 2.00 bits per heavy atom. The first-order chi connectivity index (χ1) is 7.18. The maximum absolute atomic E-state index is 11.6. The van der Waals surface area contributed by atoms with Gasteiger partial charge in [0.25, 0.3) is 5.91 Å². The van der Waals surface area contributed by atoms with Crippen LogP contribution in [0.4, 0.5) is 5.69 Å². The number of amides is 1. The average molecular weight is 199 g/mol. The van der Waals surface area contributed by atoms with E-state index in [2.05, 4.69) is 5.32 Å². The number of fused-ring (bicyclic) bond motifs is 1. The number of benzene rings is 1. The number of hydrogen-bond donors (Lipinski definition) is 1. The largest absolute Gasteiger partial charge is 0.321 e. The summed E-state index contributed by atoms with van der Waals surface area (Å²) in [6.07, 6.45) is 3.83. The summed E-state index contributed by atoms with van der Waals surface area (Å²) < 4.78 is 0. The number of para-hydroxylation sites is 1. The van der Waals surface area contributed by atoms with Crippen LogP contribution in [0.3, 0.4) is 0 Å². The lowest BCUT2D eigenvalue weighted by Gasteiger charge is -1.95. The molecule has 1 aromatic carbocycles. The van der Waals surface area contributed by atoms with Gasteiger partial charge < -0.3 is 5.32 Å². The van der Waals surface area contributed by atoms with Crippen molar-refractivity contribution in [3.05, 3.63) is 47.6 Å². The molecule has 1 aliphatic rings. The van der Waals surface area contributed by atoms with Gasteiger partial charge in [0.1, 0.15) is 0 Å². The molecule has 2 rings (SSSR count). The molecule has 76 valence electrons. The Morgan fingerprint density at radius 3 is 2.73 bits per heavy atom. The lowest BCUT2D eigenvalue weighted by molar-refractivity contribution is -0.110. The van der Waals surface area contributed by atoms with Crippen LogP contribution in [-0.4, -0.2) is 5.91 Å². The van der Waals surface area contributed by atoms with Crippen LogP contribution in [0.1, 0.15) is 19.4 Å². The SMILES string of the molecule is CC(C)=C/C=C1\C(=O)Nc2ccccc21. The highest BCUT2D eigenvalue weighted by atomic mass is 16.1. The zero-order valence-electron chi connectivity index (χ0n) is 8.87. The van der Waals surface area contributed by atoms with Crippen molar-refractivity contribution in [3.63, 3.8) is 0 Å². The predicted octanol–water partition coefficient (Wildman–Crippen LogP) is 2.99. The Kier molecular flexibility index (Phi) is 2.42. The van der Waals surface area contributed by atoms with Gasteiger partial charge in [-0.15, -0.1) is 0 Å². The quantitative estimate of drug-likeness (QED) is 0.692. The van der Waals surface area contributed by atoms with E-state index in [1.54, 1.807) is 0 Å². The fraction of sp³-hybridized carbons (Fsp3) is 0.154. The van der Waals surface area contributed by atoms with Crippen LogP contribution in [0, 0.1) is 0 Å². The van der Waals surface area contributed by atoms with Crippen molar-refractivity contribution >= 4 is 17.2 Å². The first-order valence-corrected chi connectivity index (χ1v) is 4.94. The topological polar surface area (TPSA) is 29.1 Å². The van der Waals surface area contributed by atoms with Crippen molar-refractivity contribution in [3.8, 4) is 0 Å². The number of hydrogen-bond acceptors (Lipinski definition) is 1. The Balaban J connectivity index is 2.47.